The number of aromatic amines is 1. The molecule has 10 nitrogen and oxygen atoms in total. The average Bonchev–Trinajstić information content (AvgIpc) is 4.03. The molecule has 402 valence electrons. The van der Waals surface area contributed by atoms with Gasteiger partial charge in [0.1, 0.15) is 17.4 Å². The summed E-state index contributed by atoms with van der Waals surface area (Å²) in [5.74, 6) is 7.70. The molecule has 6 aliphatic rings. The number of Topliss-reactive ketones (excluding diaryl/α,β-unsaturated/α-hetero) is 2. The second-order valence-corrected chi connectivity index (χ2v) is 23.6. The molecule has 1 aromatic heterocycles. The number of H-pyrrole nitrogens is 1. The van der Waals surface area contributed by atoms with Gasteiger partial charge >= 0.3 is 0 Å². The number of nitrogens with one attached hydrogen (secondary N) is 4. The number of hydrogen-bond acceptors (Lipinski definition) is 9. The third-order valence-corrected chi connectivity index (χ3v) is 18.6. The van der Waals surface area contributed by atoms with Crippen molar-refractivity contribution in [1.82, 2.24) is 15.6 Å². The molecule has 11 unspecified atom stereocenters. The van der Waals surface area contributed by atoms with Crippen LogP contribution in [0.15, 0.2) is 115 Å². The Kier molecular flexibility index (Phi) is 15.7. The van der Waals surface area contributed by atoms with Gasteiger partial charge in [-0.2, -0.15) is 0 Å². The molecule has 7 N–H and O–H groups in total. The number of dihydropyridines is 1. The van der Waals surface area contributed by atoms with E-state index in [0.717, 1.165) is 102 Å². The number of β-amino-alcohol motifs (C(OH)–C–C–N with tert-alkyl or cyclic N) is 1. The maximum atomic E-state index is 15.3. The van der Waals surface area contributed by atoms with E-state index in [0.29, 0.717) is 51.1 Å². The van der Waals surface area contributed by atoms with E-state index in [2.05, 4.69) is 126 Å². The number of phenols is 1. The number of ketones is 2. The molecule has 2 fully saturated rings. The fourth-order valence-electron chi connectivity index (χ4n) is 14.8. The third kappa shape index (κ3) is 10.9. The van der Waals surface area contributed by atoms with E-state index in [1.54, 1.807) is 6.07 Å². The molecule has 5 aromatic rings. The van der Waals surface area contributed by atoms with Crippen LogP contribution in [0.3, 0.4) is 0 Å². The molecule has 4 aromatic carbocycles. The van der Waals surface area contributed by atoms with Crippen molar-refractivity contribution in [2.45, 2.75) is 133 Å². The van der Waals surface area contributed by atoms with Crippen LogP contribution in [-0.2, 0) is 27.8 Å². The molecule has 2 aliphatic heterocycles. The van der Waals surface area contributed by atoms with Crippen molar-refractivity contribution >= 4 is 34.1 Å². The number of hydrogen-bond donors (Lipinski definition) is 7. The van der Waals surface area contributed by atoms with E-state index >= 15 is 4.79 Å². The number of rotatable bonds is 4. The minimum atomic E-state index is -0.690. The molecule has 11 bridgehead atoms. The molecule has 4 aliphatic carbocycles. The van der Waals surface area contributed by atoms with E-state index in [9.17, 15) is 20.1 Å². The molecule has 0 amide bonds. The number of aliphatic hydroxyl groups is 2. The smallest absolute Gasteiger partial charge is 0.160 e. The van der Waals surface area contributed by atoms with Crippen molar-refractivity contribution in [2.24, 2.45) is 35.5 Å². The lowest BCUT2D eigenvalue weighted by Crippen LogP contribution is -2.53. The Bertz CT molecular complexity index is 3140. The number of phenolic OH excluding ortho intramolecular Hbond substituents is 1. The number of fused-ring (bicyclic) bond motifs is 7. The number of benzene rings is 4. The van der Waals surface area contributed by atoms with Crippen molar-refractivity contribution in [3.05, 3.63) is 154 Å². The highest BCUT2D eigenvalue weighted by atomic mass is 16.5. The van der Waals surface area contributed by atoms with Crippen LogP contribution in [0.25, 0.3) is 16.8 Å². The molecule has 3 heterocycles. The lowest BCUT2D eigenvalue weighted by Gasteiger charge is -2.51. The van der Waals surface area contributed by atoms with Gasteiger partial charge in [0.05, 0.1) is 31.7 Å². The number of anilines is 1. The molecular weight excluding hydrogens is 957 g/mol. The quantitative estimate of drug-likeness (QED) is 0.0688. The van der Waals surface area contributed by atoms with Crippen molar-refractivity contribution in [3.63, 3.8) is 0 Å². The van der Waals surface area contributed by atoms with Crippen molar-refractivity contribution in [2.75, 3.05) is 32.1 Å². The summed E-state index contributed by atoms with van der Waals surface area (Å²) in [6, 6.07) is 26.6. The lowest BCUT2D eigenvalue weighted by molar-refractivity contribution is -0.130. The molecular formula is C67H78N4O6. The predicted molar refractivity (Wildman–Crippen MR) is 307 cm³/mol. The fraction of sp³-hybridized carbons (Fsp3) is 0.463. The number of ether oxygens (including phenoxy) is 1. The highest BCUT2D eigenvalue weighted by molar-refractivity contribution is 6.00. The van der Waals surface area contributed by atoms with Gasteiger partial charge in [-0.05, 0) is 167 Å². The number of methoxy groups -OCH3 is 1. The van der Waals surface area contributed by atoms with E-state index in [1.807, 2.05) is 24.3 Å². The van der Waals surface area contributed by atoms with Gasteiger partial charge in [-0.25, -0.2) is 0 Å². The van der Waals surface area contributed by atoms with Gasteiger partial charge in [-0.1, -0.05) is 118 Å². The van der Waals surface area contributed by atoms with Crippen molar-refractivity contribution in [1.29, 1.82) is 0 Å². The van der Waals surface area contributed by atoms with E-state index in [4.69, 9.17) is 4.74 Å². The zero-order valence-electron chi connectivity index (χ0n) is 45.3. The van der Waals surface area contributed by atoms with Gasteiger partial charge < -0.3 is 41.0 Å². The maximum absolute atomic E-state index is 15.3. The van der Waals surface area contributed by atoms with E-state index in [1.165, 1.54) is 23.8 Å². The first-order chi connectivity index (χ1) is 37.5. The highest BCUT2D eigenvalue weighted by Gasteiger charge is 2.54. The number of allylic oxidation sites excluding steroid dienone is 3. The SMILES string of the molecule is CCCC1C2CC(CC3=CCNC(=C3)Nc3ccc4ccc(cc4c3)CC(O)CNCC(C)c3c[nH]c4c3C=CC3CCCCC43C1O)CC1C#CC(c3ccccc3)c3cc(O)c(OC)cc3CCC(=O)CC(=O)C1C2. The summed E-state index contributed by atoms with van der Waals surface area (Å²) >= 11 is 0. The van der Waals surface area contributed by atoms with Gasteiger partial charge in [-0.3, -0.25) is 9.59 Å². The monoisotopic (exact) mass is 1030 g/mol. The van der Waals surface area contributed by atoms with Gasteiger partial charge in [0.15, 0.2) is 11.5 Å². The topological polar surface area (TPSA) is 156 Å². The Morgan fingerprint density at radius 3 is 2.58 bits per heavy atom. The number of carbonyl (C=O) groups excluding carboxylic acids is 2. The zero-order valence-corrected chi connectivity index (χ0v) is 45.3. The zero-order chi connectivity index (χ0) is 53.2. The van der Waals surface area contributed by atoms with Crippen molar-refractivity contribution < 1.29 is 29.6 Å². The molecule has 1 spiro atoms. The van der Waals surface area contributed by atoms with Crippen LogP contribution in [0.2, 0.25) is 0 Å². The Balaban J connectivity index is 1.04. The summed E-state index contributed by atoms with van der Waals surface area (Å²) in [5.41, 5.74) is 8.97. The molecule has 0 saturated heterocycles. The van der Waals surface area contributed by atoms with Gasteiger partial charge in [0, 0.05) is 60.9 Å². The normalized spacial score (nSPS) is 29.9. The van der Waals surface area contributed by atoms with Crippen LogP contribution in [0.1, 0.15) is 142 Å². The second-order valence-electron chi connectivity index (χ2n) is 23.6. The molecule has 2 saturated carbocycles. The number of aryl methyl sites for hydroxylation is 1. The van der Waals surface area contributed by atoms with Crippen LogP contribution >= 0.6 is 0 Å². The summed E-state index contributed by atoms with van der Waals surface area (Å²) in [6.45, 7) is 6.30. The van der Waals surface area contributed by atoms with Crippen LogP contribution in [0, 0.1) is 47.3 Å². The molecule has 11 rings (SSSR count). The summed E-state index contributed by atoms with van der Waals surface area (Å²) in [7, 11) is 1.53. The lowest BCUT2D eigenvalue weighted by atomic mass is 9.54. The number of aliphatic hydroxyl groups excluding tert-OH is 2. The second kappa shape index (κ2) is 22.9. The Morgan fingerprint density at radius 1 is 0.883 bits per heavy atom. The van der Waals surface area contributed by atoms with Gasteiger partial charge in [0.25, 0.3) is 0 Å². The Labute approximate surface area is 455 Å². The Hall–Kier alpha value is -6.38. The molecule has 77 heavy (non-hydrogen) atoms. The van der Waals surface area contributed by atoms with Crippen molar-refractivity contribution in [3.8, 4) is 23.3 Å². The third-order valence-electron chi connectivity index (χ3n) is 18.6. The number of aromatic hydroxyl groups is 1. The highest BCUT2D eigenvalue weighted by Crippen LogP contribution is 2.56. The molecule has 0 radical (unpaired) electrons. The largest absolute Gasteiger partial charge is 0.504 e. The standard InChI is InChI=1S/C67H78N4O6/c1-4-10-56-50-30-44(29-47-18-22-55(46-11-6-5-7-12-46)58-37-62(75)63(77-3)35-48(58)17-21-53(72)36-61(74)59(47)34-50)27-43-24-26-69-64(32-43)71-52-20-16-45-15-14-42(28-49(45)33-52)31-54(73)39-68-38-41(2)60-40-70-65-57(60)23-19-51-13-8-9-25-67(51,65)66(56)76/h5-7,11-12,14-16,19-20,23-24,28,32-33,35,37,40-41,44,47,50-51,54-56,59,66,68-71,73,75-76H,4,8-10,13,17,21,25-27,29-31,34,36,38-39H2,1-3H3. The van der Waals surface area contributed by atoms with Crippen LogP contribution in [-0.4, -0.2) is 70.8 Å². The summed E-state index contributed by atoms with van der Waals surface area (Å²) in [6.07, 6.45) is 19.6. The first-order valence-corrected chi connectivity index (χ1v) is 28.9. The van der Waals surface area contributed by atoms with Crippen LogP contribution in [0.4, 0.5) is 5.69 Å². The van der Waals surface area contributed by atoms with Crippen LogP contribution in [0.5, 0.6) is 11.5 Å². The first kappa shape index (κ1) is 52.7. The van der Waals surface area contributed by atoms with Gasteiger partial charge in [-0.15, -0.1) is 0 Å². The predicted octanol–water partition coefficient (Wildman–Crippen LogP) is 11.6. The maximum Gasteiger partial charge on any atom is 0.160 e. The minimum Gasteiger partial charge on any atom is -0.504 e. The summed E-state index contributed by atoms with van der Waals surface area (Å²) in [5, 5.41) is 49.6. The fourth-order valence-corrected chi connectivity index (χ4v) is 14.8. The van der Waals surface area contributed by atoms with Crippen LogP contribution < -0.4 is 20.7 Å². The molecule has 11 atom stereocenters. The Morgan fingerprint density at radius 2 is 1.74 bits per heavy atom. The number of carbonyl (C=O) groups is 2. The average molecular weight is 1040 g/mol. The first-order valence-electron chi connectivity index (χ1n) is 28.9. The summed E-state index contributed by atoms with van der Waals surface area (Å²) < 4.78 is 5.59. The van der Waals surface area contributed by atoms with E-state index < -0.39 is 29.5 Å². The molecule has 10 heteroatoms. The van der Waals surface area contributed by atoms with Gasteiger partial charge in [0.2, 0.25) is 0 Å². The summed E-state index contributed by atoms with van der Waals surface area (Å²) in [4.78, 5) is 33.3. The minimum absolute atomic E-state index is 0.0216. The van der Waals surface area contributed by atoms with E-state index in [-0.39, 0.29) is 65.7 Å². The number of aromatic nitrogens is 1.